The lowest BCUT2D eigenvalue weighted by Crippen LogP contribution is -2.27. The van der Waals surface area contributed by atoms with Crippen molar-refractivity contribution in [1.29, 1.82) is 0 Å². The van der Waals surface area contributed by atoms with Gasteiger partial charge in [-0.05, 0) is 43.1 Å². The molecule has 2 nitrogen and oxygen atoms in total. The zero-order valence-electron chi connectivity index (χ0n) is 12.3. The van der Waals surface area contributed by atoms with Gasteiger partial charge in [0.25, 0.3) is 0 Å². The topological polar surface area (TPSA) is 12.5 Å². The first-order valence-corrected chi connectivity index (χ1v) is 7.16. The van der Waals surface area contributed by atoms with E-state index in [-0.39, 0.29) is 0 Å². The molecule has 0 aliphatic rings. The van der Waals surface area contributed by atoms with E-state index in [1.807, 2.05) is 0 Å². The number of rotatable bonds is 8. The molecule has 0 radical (unpaired) electrons. The molecule has 0 bridgehead atoms. The smallest absolute Gasteiger partial charge is 0.119 e. The van der Waals surface area contributed by atoms with Gasteiger partial charge >= 0.3 is 0 Å². The second kappa shape index (κ2) is 8.15. The highest BCUT2D eigenvalue weighted by Gasteiger charge is 2.03. The van der Waals surface area contributed by atoms with Crippen LogP contribution in [0.5, 0.6) is 5.75 Å². The van der Waals surface area contributed by atoms with Crippen molar-refractivity contribution in [2.75, 3.05) is 26.2 Å². The molecule has 102 valence electrons. The van der Waals surface area contributed by atoms with Gasteiger partial charge in [-0.2, -0.15) is 0 Å². The average molecular weight is 249 g/mol. The van der Waals surface area contributed by atoms with Crippen molar-refractivity contribution in [1.82, 2.24) is 4.90 Å². The summed E-state index contributed by atoms with van der Waals surface area (Å²) in [4.78, 5) is 2.37. The van der Waals surface area contributed by atoms with Crippen LogP contribution in [0, 0.1) is 0 Å². The van der Waals surface area contributed by atoms with Crippen LogP contribution in [0.3, 0.4) is 0 Å². The van der Waals surface area contributed by atoms with E-state index in [2.05, 4.69) is 56.9 Å². The predicted molar refractivity (Wildman–Crippen MR) is 78.4 cm³/mol. The highest BCUT2D eigenvalue weighted by Crippen LogP contribution is 2.21. The number of ether oxygens (including phenoxy) is 1. The number of benzene rings is 1. The summed E-state index contributed by atoms with van der Waals surface area (Å²) in [6.07, 6.45) is 1.18. The van der Waals surface area contributed by atoms with E-state index in [0.29, 0.717) is 5.92 Å². The van der Waals surface area contributed by atoms with Crippen LogP contribution in [0.2, 0.25) is 0 Å². The normalized spacial score (nSPS) is 12.7. The largest absolute Gasteiger partial charge is 0.492 e. The molecule has 1 unspecified atom stereocenters. The first-order chi connectivity index (χ1) is 8.71. The van der Waals surface area contributed by atoms with Gasteiger partial charge in [-0.1, -0.05) is 39.8 Å². The summed E-state index contributed by atoms with van der Waals surface area (Å²) >= 11 is 0. The Hall–Kier alpha value is -1.02. The van der Waals surface area contributed by atoms with Gasteiger partial charge in [-0.15, -0.1) is 0 Å². The molecule has 0 N–H and O–H groups in total. The molecule has 0 saturated carbocycles. The Labute approximate surface area is 112 Å². The third-order valence-corrected chi connectivity index (χ3v) is 3.63. The summed E-state index contributed by atoms with van der Waals surface area (Å²) in [6.45, 7) is 12.8. The molecular formula is C16H27NO. The second-order valence-corrected chi connectivity index (χ2v) is 4.75. The van der Waals surface area contributed by atoms with Crippen molar-refractivity contribution in [2.45, 2.75) is 40.0 Å². The zero-order valence-corrected chi connectivity index (χ0v) is 12.3. The van der Waals surface area contributed by atoms with E-state index in [4.69, 9.17) is 4.74 Å². The van der Waals surface area contributed by atoms with Gasteiger partial charge in [-0.25, -0.2) is 0 Å². The molecule has 0 heterocycles. The fourth-order valence-electron chi connectivity index (χ4n) is 1.96. The first kappa shape index (κ1) is 15.0. The SMILES string of the molecule is CCC(C)c1ccc(OCCN(CC)CC)cc1. The van der Waals surface area contributed by atoms with Crippen molar-refractivity contribution in [3.63, 3.8) is 0 Å². The van der Waals surface area contributed by atoms with Gasteiger partial charge in [0, 0.05) is 6.54 Å². The number of nitrogens with zero attached hydrogens (tertiary/aromatic N) is 1. The monoisotopic (exact) mass is 249 g/mol. The van der Waals surface area contributed by atoms with Crippen LogP contribution >= 0.6 is 0 Å². The van der Waals surface area contributed by atoms with Gasteiger partial charge in [0.15, 0.2) is 0 Å². The molecule has 1 aromatic rings. The molecular weight excluding hydrogens is 222 g/mol. The second-order valence-electron chi connectivity index (χ2n) is 4.75. The van der Waals surface area contributed by atoms with E-state index in [1.54, 1.807) is 0 Å². The van der Waals surface area contributed by atoms with Crippen LogP contribution in [0.15, 0.2) is 24.3 Å². The molecule has 1 atom stereocenters. The molecule has 0 amide bonds. The zero-order chi connectivity index (χ0) is 13.4. The van der Waals surface area contributed by atoms with E-state index in [9.17, 15) is 0 Å². The molecule has 1 rings (SSSR count). The number of hydrogen-bond donors (Lipinski definition) is 0. The average Bonchev–Trinajstić information content (AvgIpc) is 2.43. The quantitative estimate of drug-likeness (QED) is 0.692. The van der Waals surface area contributed by atoms with Gasteiger partial charge < -0.3 is 9.64 Å². The standard InChI is InChI=1S/C16H27NO/c1-5-14(4)15-8-10-16(11-9-15)18-13-12-17(6-2)7-3/h8-11,14H,5-7,12-13H2,1-4H3. The van der Waals surface area contributed by atoms with Gasteiger partial charge in [-0.3, -0.25) is 0 Å². The van der Waals surface area contributed by atoms with Crippen LogP contribution in [0.25, 0.3) is 0 Å². The Morgan fingerprint density at radius 1 is 1.06 bits per heavy atom. The van der Waals surface area contributed by atoms with Crippen LogP contribution in [0.1, 0.15) is 45.6 Å². The molecule has 18 heavy (non-hydrogen) atoms. The molecule has 2 heteroatoms. The molecule has 0 aromatic heterocycles. The summed E-state index contributed by atoms with van der Waals surface area (Å²) < 4.78 is 5.77. The summed E-state index contributed by atoms with van der Waals surface area (Å²) in [5.41, 5.74) is 1.40. The maximum Gasteiger partial charge on any atom is 0.119 e. The highest BCUT2D eigenvalue weighted by molar-refractivity contribution is 5.29. The lowest BCUT2D eigenvalue weighted by atomic mass is 9.99. The molecule has 0 aliphatic carbocycles. The molecule has 0 fully saturated rings. The fourth-order valence-corrected chi connectivity index (χ4v) is 1.96. The van der Waals surface area contributed by atoms with Gasteiger partial charge in [0.05, 0.1) is 0 Å². The van der Waals surface area contributed by atoms with Crippen LogP contribution in [-0.2, 0) is 0 Å². The first-order valence-electron chi connectivity index (χ1n) is 7.16. The lowest BCUT2D eigenvalue weighted by Gasteiger charge is -2.18. The Bertz CT molecular complexity index is 316. The Morgan fingerprint density at radius 3 is 2.17 bits per heavy atom. The van der Waals surface area contributed by atoms with Gasteiger partial charge in [0.1, 0.15) is 12.4 Å². The Balaban J connectivity index is 2.39. The minimum Gasteiger partial charge on any atom is -0.492 e. The summed E-state index contributed by atoms with van der Waals surface area (Å²) in [5, 5.41) is 0. The van der Waals surface area contributed by atoms with E-state index >= 15 is 0 Å². The number of likely N-dealkylation sites (N-methyl/N-ethyl adjacent to an activating group) is 1. The maximum absolute atomic E-state index is 5.77. The fraction of sp³-hybridized carbons (Fsp3) is 0.625. The third kappa shape index (κ3) is 4.69. The predicted octanol–water partition coefficient (Wildman–Crippen LogP) is 3.92. The van der Waals surface area contributed by atoms with E-state index in [0.717, 1.165) is 32.0 Å². The highest BCUT2D eigenvalue weighted by atomic mass is 16.5. The van der Waals surface area contributed by atoms with Crippen molar-refractivity contribution in [2.24, 2.45) is 0 Å². The van der Waals surface area contributed by atoms with Crippen molar-refractivity contribution in [3.8, 4) is 5.75 Å². The van der Waals surface area contributed by atoms with Crippen molar-refractivity contribution >= 4 is 0 Å². The minimum absolute atomic E-state index is 0.634. The van der Waals surface area contributed by atoms with Crippen LogP contribution < -0.4 is 4.74 Å². The third-order valence-electron chi connectivity index (χ3n) is 3.63. The summed E-state index contributed by atoms with van der Waals surface area (Å²) in [5.74, 6) is 1.61. The van der Waals surface area contributed by atoms with Crippen molar-refractivity contribution in [3.05, 3.63) is 29.8 Å². The van der Waals surface area contributed by atoms with Crippen molar-refractivity contribution < 1.29 is 4.74 Å². The van der Waals surface area contributed by atoms with Crippen LogP contribution in [0.4, 0.5) is 0 Å². The molecule has 0 spiro atoms. The Morgan fingerprint density at radius 2 is 1.67 bits per heavy atom. The minimum atomic E-state index is 0.634. The summed E-state index contributed by atoms with van der Waals surface area (Å²) in [7, 11) is 0. The van der Waals surface area contributed by atoms with E-state index < -0.39 is 0 Å². The lowest BCUT2D eigenvalue weighted by molar-refractivity contribution is 0.223. The maximum atomic E-state index is 5.77. The summed E-state index contributed by atoms with van der Waals surface area (Å²) in [6, 6.07) is 8.54. The molecule has 0 saturated heterocycles. The Kier molecular flexibility index (Phi) is 6.81. The van der Waals surface area contributed by atoms with Gasteiger partial charge in [0.2, 0.25) is 0 Å². The molecule has 1 aromatic carbocycles. The van der Waals surface area contributed by atoms with E-state index in [1.165, 1.54) is 12.0 Å². The molecule has 0 aliphatic heterocycles. The van der Waals surface area contributed by atoms with Crippen LogP contribution in [-0.4, -0.2) is 31.1 Å². The number of hydrogen-bond acceptors (Lipinski definition) is 2.